The van der Waals surface area contributed by atoms with Gasteiger partial charge in [-0.15, -0.1) is 0 Å². The van der Waals surface area contributed by atoms with Gasteiger partial charge in [0.1, 0.15) is 12.3 Å². The Morgan fingerprint density at radius 1 is 1.25 bits per heavy atom. The predicted octanol–water partition coefficient (Wildman–Crippen LogP) is 1.32. The largest absolute Gasteiger partial charge is 0.370 e. The first-order valence-corrected chi connectivity index (χ1v) is 11.2. The normalized spacial score (nSPS) is 11.8. The summed E-state index contributed by atoms with van der Waals surface area (Å²) in [5, 5.41) is 5.75. The summed E-state index contributed by atoms with van der Waals surface area (Å²) in [5.41, 5.74) is 13.8. The van der Waals surface area contributed by atoms with E-state index in [-0.39, 0.29) is 24.2 Å². The van der Waals surface area contributed by atoms with E-state index in [9.17, 15) is 14.4 Å². The molecule has 1 aromatic rings. The summed E-state index contributed by atoms with van der Waals surface area (Å²) < 4.78 is 2.02. The number of guanidine groups is 1. The summed E-state index contributed by atoms with van der Waals surface area (Å²) in [6.45, 7) is 5.07. The number of aryl methyl sites for hydroxylation is 1. The second-order valence-electron chi connectivity index (χ2n) is 7.76. The lowest BCUT2D eigenvalue weighted by Gasteiger charge is -2.19. The molecule has 2 amide bonds. The van der Waals surface area contributed by atoms with Crippen LogP contribution in [0.3, 0.4) is 0 Å². The maximum absolute atomic E-state index is 12.9. The lowest BCUT2D eigenvalue weighted by Crippen LogP contribution is -2.48. The average Bonchev–Trinajstić information content (AvgIpc) is 3.01. The zero-order valence-corrected chi connectivity index (χ0v) is 19.5. The second-order valence-corrected chi connectivity index (χ2v) is 7.76. The maximum Gasteiger partial charge on any atom is 0.242 e. The van der Waals surface area contributed by atoms with E-state index in [1.54, 1.807) is 0 Å². The molecule has 1 unspecified atom stereocenters. The second kappa shape index (κ2) is 14.8. The third-order valence-corrected chi connectivity index (χ3v) is 5.11. The molecule has 0 fully saturated rings. The minimum atomic E-state index is -0.702. The number of rotatable bonds is 15. The van der Waals surface area contributed by atoms with Gasteiger partial charge in [0.15, 0.2) is 5.96 Å². The molecule has 0 radical (unpaired) electrons. The topological polar surface area (TPSA) is 145 Å². The zero-order valence-electron chi connectivity index (χ0n) is 19.5. The van der Waals surface area contributed by atoms with Gasteiger partial charge in [-0.1, -0.05) is 19.1 Å². The van der Waals surface area contributed by atoms with Crippen LogP contribution in [-0.4, -0.2) is 47.8 Å². The number of nitrogens with one attached hydrogen (secondary N) is 2. The van der Waals surface area contributed by atoms with Gasteiger partial charge in [-0.3, -0.25) is 14.6 Å². The molecule has 0 aliphatic heterocycles. The highest BCUT2D eigenvalue weighted by Gasteiger charge is 2.23. The fourth-order valence-corrected chi connectivity index (χ4v) is 3.27. The van der Waals surface area contributed by atoms with Gasteiger partial charge in [0.2, 0.25) is 11.8 Å². The van der Waals surface area contributed by atoms with Crippen molar-refractivity contribution in [3.8, 4) is 0 Å². The number of unbranched alkanes of at least 4 members (excludes halogenated alkanes) is 2. The number of aromatic nitrogens is 1. The molecular formula is C23H38N6O3. The van der Waals surface area contributed by atoms with Gasteiger partial charge >= 0.3 is 0 Å². The number of hydrogen-bond donors (Lipinski definition) is 4. The Morgan fingerprint density at radius 3 is 2.66 bits per heavy atom. The van der Waals surface area contributed by atoms with Crippen LogP contribution in [0.25, 0.3) is 6.08 Å². The highest BCUT2D eigenvalue weighted by Crippen LogP contribution is 2.20. The Balaban J connectivity index is 2.86. The fraction of sp³-hybridized carbons (Fsp3) is 0.565. The van der Waals surface area contributed by atoms with Crippen molar-refractivity contribution in [1.29, 1.82) is 0 Å². The number of nitrogens with two attached hydrogens (primary N) is 2. The zero-order chi connectivity index (χ0) is 23.9. The Morgan fingerprint density at radius 2 is 2.00 bits per heavy atom. The Kier molecular flexibility index (Phi) is 12.5. The van der Waals surface area contributed by atoms with E-state index in [0.29, 0.717) is 32.4 Å². The Hall–Kier alpha value is -3.10. The van der Waals surface area contributed by atoms with Crippen LogP contribution in [0.5, 0.6) is 0 Å². The van der Waals surface area contributed by atoms with Gasteiger partial charge in [-0.2, -0.15) is 0 Å². The van der Waals surface area contributed by atoms with E-state index < -0.39 is 6.04 Å². The Bertz CT molecular complexity index is 809. The molecule has 9 heteroatoms. The number of amides is 2. The van der Waals surface area contributed by atoms with E-state index in [4.69, 9.17) is 11.5 Å². The van der Waals surface area contributed by atoms with Crippen molar-refractivity contribution in [2.24, 2.45) is 23.5 Å². The number of allylic oxidation sites excluding steroid dienone is 1. The van der Waals surface area contributed by atoms with Gasteiger partial charge < -0.3 is 31.5 Å². The molecule has 1 aromatic heterocycles. The van der Waals surface area contributed by atoms with Gasteiger partial charge in [0.05, 0.1) is 0 Å². The first-order valence-electron chi connectivity index (χ1n) is 11.2. The van der Waals surface area contributed by atoms with E-state index in [1.807, 2.05) is 24.7 Å². The predicted molar refractivity (Wildman–Crippen MR) is 128 cm³/mol. The smallest absolute Gasteiger partial charge is 0.242 e. The molecule has 0 saturated carbocycles. The fourth-order valence-electron chi connectivity index (χ4n) is 3.27. The van der Waals surface area contributed by atoms with Crippen molar-refractivity contribution in [3.63, 3.8) is 0 Å². The van der Waals surface area contributed by atoms with Crippen LogP contribution in [0.1, 0.15) is 62.3 Å². The van der Waals surface area contributed by atoms with Crippen molar-refractivity contribution in [3.05, 3.63) is 29.1 Å². The minimum Gasteiger partial charge on any atom is -0.370 e. The third-order valence-electron chi connectivity index (χ3n) is 5.11. The number of carbonyl (C=O) groups is 3. The van der Waals surface area contributed by atoms with Gasteiger partial charge in [0, 0.05) is 51.3 Å². The Labute approximate surface area is 190 Å². The highest BCUT2D eigenvalue weighted by molar-refractivity contribution is 5.88. The van der Waals surface area contributed by atoms with Crippen molar-refractivity contribution in [1.82, 2.24) is 15.2 Å². The van der Waals surface area contributed by atoms with E-state index in [1.165, 1.54) is 0 Å². The molecule has 6 N–H and O–H groups in total. The van der Waals surface area contributed by atoms with E-state index in [0.717, 1.165) is 42.4 Å². The van der Waals surface area contributed by atoms with Gasteiger partial charge in [-0.25, -0.2) is 0 Å². The molecule has 0 bridgehead atoms. The standard InChI is InChI=1S/C23H38N6O3/c1-4-5-10-19-17(2)29(3)16-18(19)15-20(28-21(31)11-6-9-14-30)22(32)26-12-7-8-13-27-23(24)25/h5,10,14,16,20H,4,6-9,11-13,15H2,1-3H3,(H,26,32)(H,28,31)(H4,24,25,27)/b10-5-. The third kappa shape index (κ3) is 9.80. The van der Waals surface area contributed by atoms with Crippen LogP contribution in [0.15, 0.2) is 17.3 Å². The minimum absolute atomic E-state index is 0.0532. The van der Waals surface area contributed by atoms with Crippen LogP contribution >= 0.6 is 0 Å². The molecule has 0 saturated heterocycles. The molecule has 0 aliphatic carbocycles. The lowest BCUT2D eigenvalue weighted by atomic mass is 10.0. The first kappa shape index (κ1) is 26.9. The highest BCUT2D eigenvalue weighted by atomic mass is 16.2. The van der Waals surface area contributed by atoms with Crippen LogP contribution in [0.2, 0.25) is 0 Å². The van der Waals surface area contributed by atoms with Crippen LogP contribution in [-0.2, 0) is 27.9 Å². The van der Waals surface area contributed by atoms with E-state index in [2.05, 4.69) is 34.7 Å². The number of aldehydes is 1. The van der Waals surface area contributed by atoms with Crippen molar-refractivity contribution >= 4 is 30.1 Å². The molecule has 32 heavy (non-hydrogen) atoms. The number of carbonyl (C=O) groups excluding carboxylic acids is 3. The van der Waals surface area contributed by atoms with Crippen LogP contribution in [0, 0.1) is 6.92 Å². The van der Waals surface area contributed by atoms with Gasteiger partial charge in [-0.05, 0) is 43.7 Å². The number of nitrogens with zero attached hydrogens (tertiary/aromatic N) is 2. The quantitative estimate of drug-likeness (QED) is 0.139. The SMILES string of the molecule is CC/C=C\c1c(CC(NC(=O)CCCC=O)C(=O)NCCCCN=C(N)N)cn(C)c1C. The molecule has 0 aromatic carbocycles. The number of aliphatic imine (C=N–C) groups is 1. The maximum atomic E-state index is 12.9. The summed E-state index contributed by atoms with van der Waals surface area (Å²) in [5.74, 6) is -0.418. The summed E-state index contributed by atoms with van der Waals surface area (Å²) >= 11 is 0. The summed E-state index contributed by atoms with van der Waals surface area (Å²) in [4.78, 5) is 39.7. The summed E-state index contributed by atoms with van der Waals surface area (Å²) in [6.07, 6.45) is 10.7. The summed E-state index contributed by atoms with van der Waals surface area (Å²) in [6, 6.07) is -0.702. The molecule has 1 atom stereocenters. The van der Waals surface area contributed by atoms with Crippen molar-refractivity contribution < 1.29 is 14.4 Å². The monoisotopic (exact) mass is 446 g/mol. The molecule has 1 heterocycles. The van der Waals surface area contributed by atoms with Crippen molar-refractivity contribution in [2.45, 2.75) is 64.8 Å². The van der Waals surface area contributed by atoms with Crippen LogP contribution < -0.4 is 22.1 Å². The van der Waals surface area contributed by atoms with Crippen molar-refractivity contribution in [2.75, 3.05) is 13.1 Å². The average molecular weight is 447 g/mol. The van der Waals surface area contributed by atoms with Gasteiger partial charge in [0.25, 0.3) is 0 Å². The molecule has 0 spiro atoms. The molecule has 1 rings (SSSR count). The summed E-state index contributed by atoms with van der Waals surface area (Å²) in [7, 11) is 1.96. The first-order chi connectivity index (χ1) is 15.3. The number of hydrogen-bond acceptors (Lipinski definition) is 4. The lowest BCUT2D eigenvalue weighted by molar-refractivity contribution is -0.129. The molecular weight excluding hydrogens is 408 g/mol. The molecule has 0 aliphatic rings. The molecule has 178 valence electrons. The molecule has 9 nitrogen and oxygen atoms in total. The van der Waals surface area contributed by atoms with Crippen LogP contribution in [0.4, 0.5) is 0 Å². The van der Waals surface area contributed by atoms with E-state index >= 15 is 0 Å².